The van der Waals surface area contributed by atoms with Crippen molar-refractivity contribution in [1.29, 1.82) is 0 Å². The minimum absolute atomic E-state index is 0.241. The first-order chi connectivity index (χ1) is 11.0. The Kier molecular flexibility index (Phi) is 5.79. The highest BCUT2D eigenvalue weighted by Crippen LogP contribution is 2.32. The molecule has 7 heteroatoms. The van der Waals surface area contributed by atoms with Crippen LogP contribution in [0.15, 0.2) is 29.2 Å². The van der Waals surface area contributed by atoms with Gasteiger partial charge < -0.3 is 14.8 Å². The Morgan fingerprint density at radius 2 is 1.91 bits per heavy atom. The monoisotopic (exact) mass is 349 g/mol. The van der Waals surface area contributed by atoms with Crippen LogP contribution in [0.25, 0.3) is 6.08 Å². The first-order valence-electron chi connectivity index (χ1n) is 7.26. The molecule has 0 aliphatic carbocycles. The lowest BCUT2D eigenvalue weighted by Gasteiger charge is -2.20. The van der Waals surface area contributed by atoms with Gasteiger partial charge in [-0.1, -0.05) is 36.1 Å². The smallest absolute Gasteiger partial charge is 0.266 e. The number of thiocarbonyl (C=S) groups is 1. The Hall–Kier alpha value is -1.86. The molecule has 0 atom stereocenters. The van der Waals surface area contributed by atoms with Gasteiger partial charge in [-0.05, 0) is 37.6 Å². The number of thioether (sulfide) groups is 1. The van der Waals surface area contributed by atoms with Crippen molar-refractivity contribution < 1.29 is 14.7 Å². The molecule has 0 N–H and O–H groups in total. The highest BCUT2D eigenvalue weighted by atomic mass is 32.2. The number of carboxylic acids is 1. The van der Waals surface area contributed by atoms with Crippen LogP contribution in [0.3, 0.4) is 0 Å². The van der Waals surface area contributed by atoms with E-state index in [0.717, 1.165) is 41.0 Å². The van der Waals surface area contributed by atoms with Crippen LogP contribution in [0.5, 0.6) is 0 Å². The molecule has 1 heterocycles. The molecule has 122 valence electrons. The Labute approximate surface area is 145 Å². The van der Waals surface area contributed by atoms with Gasteiger partial charge in [0.15, 0.2) is 0 Å². The maximum Gasteiger partial charge on any atom is 0.266 e. The van der Waals surface area contributed by atoms with Crippen molar-refractivity contribution in [3.8, 4) is 0 Å². The highest BCUT2D eigenvalue weighted by Gasteiger charge is 2.31. The van der Waals surface area contributed by atoms with Gasteiger partial charge in [0, 0.05) is 18.8 Å². The van der Waals surface area contributed by atoms with E-state index in [1.165, 1.54) is 0 Å². The lowest BCUT2D eigenvalue weighted by atomic mass is 10.1. The number of anilines is 1. The lowest BCUT2D eigenvalue weighted by molar-refractivity contribution is -0.305. The van der Waals surface area contributed by atoms with Crippen LogP contribution in [0.2, 0.25) is 0 Å². The van der Waals surface area contributed by atoms with Gasteiger partial charge in [0.05, 0.1) is 17.4 Å². The van der Waals surface area contributed by atoms with E-state index < -0.39 is 18.4 Å². The second-order valence-electron chi connectivity index (χ2n) is 4.90. The number of benzene rings is 1. The second-order valence-corrected chi connectivity index (χ2v) is 6.58. The SMILES string of the molecule is CCN(CC)c1ccc(C=C2SC(=S)N(CC(=O)[O-])C2=O)cc1. The van der Waals surface area contributed by atoms with Crippen molar-refractivity contribution >= 4 is 51.9 Å². The first-order valence-corrected chi connectivity index (χ1v) is 8.49. The molecule has 1 amide bonds. The predicted octanol–water partition coefficient (Wildman–Crippen LogP) is 1.48. The maximum absolute atomic E-state index is 12.2. The van der Waals surface area contributed by atoms with Gasteiger partial charge in [0.25, 0.3) is 5.91 Å². The Morgan fingerprint density at radius 3 is 2.43 bits per heavy atom. The fraction of sp³-hybridized carbons (Fsp3) is 0.312. The number of amides is 1. The maximum atomic E-state index is 12.2. The number of nitrogens with zero attached hydrogens (tertiary/aromatic N) is 2. The molecule has 1 fully saturated rings. The summed E-state index contributed by atoms with van der Waals surface area (Å²) in [4.78, 5) is 26.5. The molecule has 1 aliphatic rings. The van der Waals surface area contributed by atoms with Gasteiger partial charge in [0.2, 0.25) is 0 Å². The number of rotatable bonds is 6. The average molecular weight is 349 g/mol. The summed E-state index contributed by atoms with van der Waals surface area (Å²) >= 11 is 6.15. The summed E-state index contributed by atoms with van der Waals surface area (Å²) in [6.45, 7) is 5.54. The van der Waals surface area contributed by atoms with Crippen LogP contribution >= 0.6 is 24.0 Å². The van der Waals surface area contributed by atoms with Crippen molar-refractivity contribution in [2.75, 3.05) is 24.5 Å². The molecule has 0 radical (unpaired) electrons. The van der Waals surface area contributed by atoms with E-state index in [1.54, 1.807) is 6.08 Å². The summed E-state index contributed by atoms with van der Waals surface area (Å²) in [6, 6.07) is 7.86. The number of hydrogen-bond donors (Lipinski definition) is 0. The van der Waals surface area contributed by atoms with Gasteiger partial charge in [-0.3, -0.25) is 9.69 Å². The van der Waals surface area contributed by atoms with E-state index in [4.69, 9.17) is 12.2 Å². The van der Waals surface area contributed by atoms with Crippen LogP contribution in [-0.4, -0.2) is 40.7 Å². The Morgan fingerprint density at radius 1 is 1.30 bits per heavy atom. The zero-order valence-corrected chi connectivity index (χ0v) is 14.6. The summed E-state index contributed by atoms with van der Waals surface area (Å²) in [5, 5.41) is 10.7. The molecule has 23 heavy (non-hydrogen) atoms. The van der Waals surface area contributed by atoms with E-state index >= 15 is 0 Å². The van der Waals surface area contributed by atoms with E-state index in [0.29, 0.717) is 4.91 Å². The summed E-state index contributed by atoms with van der Waals surface area (Å²) < 4.78 is 0.241. The summed E-state index contributed by atoms with van der Waals surface area (Å²) in [6.07, 6.45) is 1.72. The molecule has 1 aliphatic heterocycles. The third-order valence-corrected chi connectivity index (χ3v) is 4.86. The van der Waals surface area contributed by atoms with Gasteiger partial charge in [-0.2, -0.15) is 0 Å². The molecule has 0 bridgehead atoms. The highest BCUT2D eigenvalue weighted by molar-refractivity contribution is 8.26. The number of carbonyl (C=O) groups is 2. The van der Waals surface area contributed by atoms with E-state index in [-0.39, 0.29) is 4.32 Å². The van der Waals surface area contributed by atoms with Crippen LogP contribution in [0, 0.1) is 0 Å². The molecule has 1 saturated heterocycles. The molecular formula is C16H17N2O3S2-. The normalized spacial score (nSPS) is 16.3. The lowest BCUT2D eigenvalue weighted by Crippen LogP contribution is -2.40. The third-order valence-electron chi connectivity index (χ3n) is 3.48. The second kappa shape index (κ2) is 7.61. The minimum atomic E-state index is -1.33. The first kappa shape index (κ1) is 17.5. The van der Waals surface area contributed by atoms with Crippen LogP contribution in [0.1, 0.15) is 19.4 Å². The topological polar surface area (TPSA) is 63.7 Å². The van der Waals surface area contributed by atoms with Crippen LogP contribution in [0.4, 0.5) is 5.69 Å². The van der Waals surface area contributed by atoms with Crippen LogP contribution in [-0.2, 0) is 9.59 Å². The van der Waals surface area contributed by atoms with Gasteiger partial charge in [0.1, 0.15) is 4.32 Å². The Bertz CT molecular complexity index is 652. The molecule has 1 aromatic rings. The summed E-state index contributed by atoms with van der Waals surface area (Å²) in [7, 11) is 0. The van der Waals surface area contributed by atoms with Gasteiger partial charge in [-0.25, -0.2) is 0 Å². The molecule has 5 nitrogen and oxygen atoms in total. The zero-order valence-electron chi connectivity index (χ0n) is 12.9. The predicted molar refractivity (Wildman–Crippen MR) is 94.9 cm³/mol. The summed E-state index contributed by atoms with van der Waals surface area (Å²) in [5.41, 5.74) is 1.99. The van der Waals surface area contributed by atoms with Crippen molar-refractivity contribution in [3.63, 3.8) is 0 Å². The fourth-order valence-corrected chi connectivity index (χ4v) is 3.54. The molecule has 0 spiro atoms. The summed E-state index contributed by atoms with van der Waals surface area (Å²) in [5.74, 6) is -1.72. The van der Waals surface area contributed by atoms with Gasteiger partial charge >= 0.3 is 0 Å². The minimum Gasteiger partial charge on any atom is -0.548 e. The Balaban J connectivity index is 2.17. The van der Waals surface area contributed by atoms with Crippen molar-refractivity contribution in [2.45, 2.75) is 13.8 Å². The van der Waals surface area contributed by atoms with E-state index in [2.05, 4.69) is 18.7 Å². The van der Waals surface area contributed by atoms with Crippen molar-refractivity contribution in [3.05, 3.63) is 34.7 Å². The standard InChI is InChI=1S/C16H18N2O3S2/c1-3-17(4-2)12-7-5-11(6-8-12)9-13-15(21)18(10-14(19)20)16(22)23-13/h5-9H,3-4,10H2,1-2H3,(H,19,20)/p-1. The number of aliphatic carboxylic acids is 1. The molecule has 1 aromatic carbocycles. The molecule has 0 saturated carbocycles. The number of carbonyl (C=O) groups excluding carboxylic acids is 2. The fourth-order valence-electron chi connectivity index (χ4n) is 2.29. The average Bonchev–Trinajstić information content (AvgIpc) is 2.77. The molecule has 2 rings (SSSR count). The van der Waals surface area contributed by atoms with Gasteiger partial charge in [-0.15, -0.1) is 0 Å². The molecule has 0 aromatic heterocycles. The third kappa shape index (κ3) is 4.11. The quantitative estimate of drug-likeness (QED) is 0.573. The van der Waals surface area contributed by atoms with Crippen LogP contribution < -0.4 is 10.0 Å². The molecular weight excluding hydrogens is 332 g/mol. The zero-order chi connectivity index (χ0) is 17.0. The molecule has 0 unspecified atom stereocenters. The number of carboxylic acid groups (broad SMARTS) is 1. The largest absolute Gasteiger partial charge is 0.548 e. The van der Waals surface area contributed by atoms with E-state index in [9.17, 15) is 14.7 Å². The number of hydrogen-bond acceptors (Lipinski definition) is 6. The van der Waals surface area contributed by atoms with E-state index in [1.807, 2.05) is 24.3 Å². The van der Waals surface area contributed by atoms with Crippen molar-refractivity contribution in [1.82, 2.24) is 4.90 Å². The van der Waals surface area contributed by atoms with Crippen molar-refractivity contribution in [2.24, 2.45) is 0 Å².